The van der Waals surface area contributed by atoms with Crippen LogP contribution in [0.1, 0.15) is 70.3 Å². The molecule has 11 nitrogen and oxygen atoms in total. The Morgan fingerprint density at radius 2 is 1.52 bits per heavy atom. The molecule has 280 valence electrons. The summed E-state index contributed by atoms with van der Waals surface area (Å²) >= 11 is 12.6. The smallest absolute Gasteiger partial charge is 0.326 e. The van der Waals surface area contributed by atoms with E-state index in [0.29, 0.717) is 54.1 Å². The number of ether oxygens (including phenoxy) is 1. The number of rotatable bonds is 10. The van der Waals surface area contributed by atoms with Crippen LogP contribution in [0.15, 0.2) is 76.6 Å². The van der Waals surface area contributed by atoms with E-state index in [0.717, 1.165) is 11.1 Å². The third kappa shape index (κ3) is 9.09. The second-order valence-electron chi connectivity index (χ2n) is 14.4. The molecule has 3 aromatic rings. The number of aliphatic imine (C=N–C) groups is 1. The first-order chi connectivity index (χ1) is 24.5. The summed E-state index contributed by atoms with van der Waals surface area (Å²) in [6, 6.07) is 17.8. The van der Waals surface area contributed by atoms with Crippen molar-refractivity contribution < 1.29 is 22.7 Å². The average Bonchev–Trinajstić information content (AvgIpc) is 3.48. The van der Waals surface area contributed by atoms with Crippen LogP contribution in [0.2, 0.25) is 10.0 Å². The number of carbonyl (C=O) groups is 2. The molecule has 3 aromatic carbocycles. The lowest BCUT2D eigenvalue weighted by Crippen LogP contribution is -2.55. The highest BCUT2D eigenvalue weighted by Gasteiger charge is 2.45. The SMILES string of the molecule is CCOc1ccc(S(=O)(=O)NC(C)(C)C)cc1C1=N[C@@H](c2ccc(Cl)cc2)[C@@H](c2ccc(Cl)cc2)N1C(=O)N1CCN(CC(=O)N(C)C(C)C)CC1. The zero-order valence-corrected chi connectivity index (χ0v) is 33.1. The molecule has 0 unspecified atom stereocenters. The Morgan fingerprint density at radius 3 is 2.06 bits per heavy atom. The molecule has 0 bridgehead atoms. The molecular weight excluding hydrogens is 723 g/mol. The van der Waals surface area contributed by atoms with Crippen molar-refractivity contribution >= 4 is 51.0 Å². The molecule has 0 aromatic heterocycles. The largest absolute Gasteiger partial charge is 0.493 e. The fourth-order valence-electron chi connectivity index (χ4n) is 6.29. The van der Waals surface area contributed by atoms with Gasteiger partial charge in [-0.25, -0.2) is 17.9 Å². The third-order valence-corrected chi connectivity index (χ3v) is 11.4. The maximum atomic E-state index is 15.0. The van der Waals surface area contributed by atoms with Gasteiger partial charge >= 0.3 is 6.03 Å². The molecule has 2 heterocycles. The van der Waals surface area contributed by atoms with Crippen LogP contribution in [-0.2, 0) is 14.8 Å². The van der Waals surface area contributed by atoms with Gasteiger partial charge in [-0.15, -0.1) is 0 Å². The Bertz CT molecular complexity index is 1890. The standard InChI is InChI=1S/C38H48Cl2N6O5S/c1-8-51-32-18-17-30(52(49,50)42-38(4,5)6)23-31(32)36-41-34(26-9-13-28(39)14-10-26)35(27-11-15-29(40)16-12-27)46(36)37(48)45-21-19-44(20-22-45)24-33(47)43(7)25(2)3/h9-18,23,25,34-35,42H,8,19-22,24H2,1-7H3/t34-,35+/m0/s1. The topological polar surface area (TPSA) is 115 Å². The van der Waals surface area contributed by atoms with E-state index in [-0.39, 0.29) is 35.3 Å². The van der Waals surface area contributed by atoms with Gasteiger partial charge in [0.15, 0.2) is 0 Å². The summed E-state index contributed by atoms with van der Waals surface area (Å²) in [5, 5.41) is 1.10. The highest BCUT2D eigenvalue weighted by atomic mass is 35.5. The van der Waals surface area contributed by atoms with Crippen LogP contribution in [-0.4, -0.2) is 104 Å². The minimum Gasteiger partial charge on any atom is -0.493 e. The number of nitrogens with zero attached hydrogens (tertiary/aromatic N) is 5. The second-order valence-corrected chi connectivity index (χ2v) is 17.0. The van der Waals surface area contributed by atoms with Gasteiger partial charge in [-0.2, -0.15) is 0 Å². The number of amides is 3. The highest BCUT2D eigenvalue weighted by molar-refractivity contribution is 7.89. The molecule has 2 aliphatic heterocycles. The van der Waals surface area contributed by atoms with Crippen LogP contribution in [0.4, 0.5) is 4.79 Å². The number of carbonyl (C=O) groups excluding carboxylic acids is 2. The number of urea groups is 1. The molecule has 1 saturated heterocycles. The van der Waals surface area contributed by atoms with Gasteiger partial charge in [0.1, 0.15) is 17.6 Å². The van der Waals surface area contributed by atoms with Gasteiger partial charge in [0.05, 0.1) is 29.7 Å². The van der Waals surface area contributed by atoms with Gasteiger partial charge in [0.2, 0.25) is 15.9 Å². The zero-order chi connectivity index (χ0) is 38.0. The summed E-state index contributed by atoms with van der Waals surface area (Å²) in [7, 11) is -2.17. The summed E-state index contributed by atoms with van der Waals surface area (Å²) in [4.78, 5) is 40.3. The van der Waals surface area contributed by atoms with E-state index < -0.39 is 27.6 Å². The summed E-state index contributed by atoms with van der Waals surface area (Å²) in [5.74, 6) is 0.687. The van der Waals surface area contributed by atoms with E-state index in [9.17, 15) is 18.0 Å². The number of amidine groups is 1. The molecule has 1 fully saturated rings. The molecule has 0 saturated carbocycles. The van der Waals surface area contributed by atoms with E-state index in [1.165, 1.54) is 12.1 Å². The van der Waals surface area contributed by atoms with Crippen LogP contribution in [0, 0.1) is 0 Å². The number of likely N-dealkylation sites (N-methyl/N-ethyl adjacent to an activating group) is 1. The highest BCUT2D eigenvalue weighted by Crippen LogP contribution is 2.46. The molecule has 1 N–H and O–H groups in total. The lowest BCUT2D eigenvalue weighted by atomic mass is 9.93. The molecule has 0 spiro atoms. The molecule has 0 radical (unpaired) electrons. The van der Waals surface area contributed by atoms with Crippen molar-refractivity contribution in [3.63, 3.8) is 0 Å². The Hall–Kier alpha value is -3.68. The van der Waals surface area contributed by atoms with Gasteiger partial charge in [0, 0.05) is 54.9 Å². The Kier molecular flexibility index (Phi) is 12.3. The molecule has 52 heavy (non-hydrogen) atoms. The summed E-state index contributed by atoms with van der Waals surface area (Å²) in [5.41, 5.74) is 1.23. The number of hydrogen-bond donors (Lipinski definition) is 1. The first-order valence-corrected chi connectivity index (χ1v) is 19.7. The van der Waals surface area contributed by atoms with E-state index in [2.05, 4.69) is 9.62 Å². The zero-order valence-electron chi connectivity index (χ0n) is 30.8. The molecule has 2 aliphatic rings. The number of halogens is 2. The fourth-order valence-corrected chi connectivity index (χ4v) is 7.99. The van der Waals surface area contributed by atoms with E-state index in [4.69, 9.17) is 32.9 Å². The van der Waals surface area contributed by atoms with Gasteiger partial charge in [0.25, 0.3) is 0 Å². The van der Waals surface area contributed by atoms with Crippen LogP contribution in [0.5, 0.6) is 5.75 Å². The number of hydrogen-bond acceptors (Lipinski definition) is 7. The van der Waals surface area contributed by atoms with Gasteiger partial charge in [-0.05, 0) is 95.1 Å². The van der Waals surface area contributed by atoms with Gasteiger partial charge in [-0.3, -0.25) is 19.6 Å². The Balaban J connectivity index is 1.62. The van der Waals surface area contributed by atoms with E-state index in [1.807, 2.05) is 45.0 Å². The Morgan fingerprint density at radius 1 is 0.942 bits per heavy atom. The monoisotopic (exact) mass is 770 g/mol. The average molecular weight is 772 g/mol. The van der Waals surface area contributed by atoms with Crippen molar-refractivity contribution in [3.8, 4) is 5.75 Å². The molecule has 14 heteroatoms. The van der Waals surface area contributed by atoms with Crippen LogP contribution >= 0.6 is 23.2 Å². The fraction of sp³-hybridized carbons (Fsp3) is 0.447. The first-order valence-electron chi connectivity index (χ1n) is 17.4. The number of sulfonamides is 1. The maximum Gasteiger partial charge on any atom is 0.326 e. The van der Waals surface area contributed by atoms with E-state index >= 15 is 0 Å². The molecule has 0 aliphatic carbocycles. The van der Waals surface area contributed by atoms with Gasteiger partial charge < -0.3 is 14.5 Å². The van der Waals surface area contributed by atoms with Crippen molar-refractivity contribution in [1.29, 1.82) is 0 Å². The second kappa shape index (κ2) is 16.1. The number of benzene rings is 3. The van der Waals surface area contributed by atoms with Crippen LogP contribution < -0.4 is 9.46 Å². The number of nitrogens with one attached hydrogen (secondary N) is 1. The minimum absolute atomic E-state index is 0.0126. The van der Waals surface area contributed by atoms with Gasteiger partial charge in [-0.1, -0.05) is 47.5 Å². The quantitative estimate of drug-likeness (QED) is 0.248. The summed E-state index contributed by atoms with van der Waals surface area (Å²) < 4.78 is 36.1. The third-order valence-electron chi connectivity index (χ3n) is 9.11. The van der Waals surface area contributed by atoms with Crippen molar-refractivity contribution in [3.05, 3.63) is 93.5 Å². The number of piperazine rings is 1. The van der Waals surface area contributed by atoms with Crippen LogP contribution in [0.25, 0.3) is 0 Å². The van der Waals surface area contributed by atoms with Crippen molar-refractivity contribution in [2.45, 2.75) is 70.1 Å². The van der Waals surface area contributed by atoms with Crippen LogP contribution in [0.3, 0.4) is 0 Å². The summed E-state index contributed by atoms with van der Waals surface area (Å²) in [6.07, 6.45) is 0. The molecular formula is C38H48Cl2N6O5S. The normalized spacial score (nSPS) is 18.5. The maximum absolute atomic E-state index is 15.0. The summed E-state index contributed by atoms with van der Waals surface area (Å²) in [6.45, 7) is 13.4. The lowest BCUT2D eigenvalue weighted by molar-refractivity contribution is -0.132. The first kappa shape index (κ1) is 39.5. The van der Waals surface area contributed by atoms with Crippen molar-refractivity contribution in [2.75, 3.05) is 46.4 Å². The van der Waals surface area contributed by atoms with Crippen molar-refractivity contribution in [2.24, 2.45) is 4.99 Å². The Labute approximate surface area is 317 Å². The molecule has 5 rings (SSSR count). The van der Waals surface area contributed by atoms with E-state index in [1.54, 1.807) is 72.9 Å². The van der Waals surface area contributed by atoms with Crippen molar-refractivity contribution in [1.82, 2.24) is 24.3 Å². The lowest BCUT2D eigenvalue weighted by Gasteiger charge is -2.39. The minimum atomic E-state index is -3.97. The molecule has 2 atom stereocenters. The predicted molar refractivity (Wildman–Crippen MR) is 206 cm³/mol. The molecule has 3 amide bonds. The predicted octanol–water partition coefficient (Wildman–Crippen LogP) is 6.62.